The van der Waals surface area contributed by atoms with Gasteiger partial charge in [-0.05, 0) is 26.7 Å². The van der Waals surface area contributed by atoms with Crippen molar-refractivity contribution >= 4 is 17.8 Å². The maximum atomic E-state index is 13.7. The highest BCUT2D eigenvalue weighted by molar-refractivity contribution is 6.03. The summed E-state index contributed by atoms with van der Waals surface area (Å²) in [5.41, 5.74) is 1.36. The van der Waals surface area contributed by atoms with Crippen molar-refractivity contribution in [1.82, 2.24) is 9.88 Å². The number of nitrogens with zero attached hydrogens (tertiary/aromatic N) is 1. The van der Waals surface area contributed by atoms with Crippen molar-refractivity contribution in [2.75, 3.05) is 13.2 Å². The molecule has 39 heavy (non-hydrogen) atoms. The highest BCUT2D eigenvalue weighted by atomic mass is 16.6. The van der Waals surface area contributed by atoms with Crippen LogP contribution in [0, 0.1) is 0 Å². The number of carbonyl (C=O) groups is 3. The number of benzene rings is 2. The van der Waals surface area contributed by atoms with Gasteiger partial charge in [-0.1, -0.05) is 66.7 Å². The van der Waals surface area contributed by atoms with Gasteiger partial charge in [0.05, 0.1) is 25.0 Å². The van der Waals surface area contributed by atoms with E-state index in [9.17, 15) is 24.3 Å². The molecule has 0 aliphatic rings. The van der Waals surface area contributed by atoms with Crippen molar-refractivity contribution in [3.8, 4) is 22.6 Å². The summed E-state index contributed by atoms with van der Waals surface area (Å²) in [5.74, 6) is -3.76. The predicted molar refractivity (Wildman–Crippen MR) is 144 cm³/mol. The number of hydrogen-bond acceptors (Lipinski definition) is 8. The van der Waals surface area contributed by atoms with E-state index in [4.69, 9.17) is 13.9 Å². The van der Waals surface area contributed by atoms with Gasteiger partial charge in [-0.15, -0.1) is 6.58 Å². The number of amides is 1. The molecule has 0 unspecified atom stereocenters. The maximum Gasteiger partial charge on any atom is 0.420 e. The van der Waals surface area contributed by atoms with Gasteiger partial charge >= 0.3 is 17.7 Å². The topological polar surface area (TPSA) is 137 Å². The normalized spacial score (nSPS) is 12.4. The zero-order valence-electron chi connectivity index (χ0n) is 21.9. The highest BCUT2D eigenvalue weighted by Gasteiger charge is 2.39. The summed E-state index contributed by atoms with van der Waals surface area (Å²) >= 11 is 0. The minimum Gasteiger partial charge on any atom is -0.464 e. The number of esters is 2. The first-order valence-electron chi connectivity index (χ1n) is 12.6. The Balaban J connectivity index is 2.20. The van der Waals surface area contributed by atoms with Crippen molar-refractivity contribution in [3.05, 3.63) is 83.9 Å². The molecule has 2 N–H and O–H groups in total. The second-order valence-corrected chi connectivity index (χ2v) is 8.47. The Kier molecular flexibility index (Phi) is 10.4. The van der Waals surface area contributed by atoms with Gasteiger partial charge in [0.15, 0.2) is 5.76 Å². The molecule has 0 saturated heterocycles. The molecule has 0 aliphatic carbocycles. The van der Waals surface area contributed by atoms with Crippen LogP contribution >= 0.6 is 0 Å². The van der Waals surface area contributed by atoms with E-state index in [1.54, 1.807) is 80.6 Å². The van der Waals surface area contributed by atoms with Gasteiger partial charge in [-0.25, -0.2) is 14.4 Å². The molecule has 2 atom stereocenters. The molecule has 3 rings (SSSR count). The first-order valence-corrected chi connectivity index (χ1v) is 12.6. The molecule has 2 aromatic carbocycles. The van der Waals surface area contributed by atoms with Crippen molar-refractivity contribution in [2.45, 2.75) is 44.9 Å². The molecule has 0 bridgehead atoms. The monoisotopic (exact) mass is 536 g/mol. The van der Waals surface area contributed by atoms with Crippen LogP contribution in [-0.2, 0) is 23.9 Å². The van der Waals surface area contributed by atoms with E-state index in [0.717, 1.165) is 4.57 Å². The molecule has 3 aromatic rings. The SMILES string of the molecule is C=CCC[C@H](O)[C@@H](C(=O)NC(C(=O)OCC)C(=O)OCC)n1c(-c2ccccc2)c(-c2ccccc2)oc1=O. The summed E-state index contributed by atoms with van der Waals surface area (Å²) in [6.45, 7) is 6.65. The minimum atomic E-state index is -1.80. The molecular formula is C29H32N2O8. The Morgan fingerprint density at radius 2 is 1.51 bits per heavy atom. The third kappa shape index (κ3) is 6.91. The van der Waals surface area contributed by atoms with Gasteiger partial charge in [-0.2, -0.15) is 0 Å². The summed E-state index contributed by atoms with van der Waals surface area (Å²) in [6, 6.07) is 14.2. The van der Waals surface area contributed by atoms with Crippen molar-refractivity contribution in [3.63, 3.8) is 0 Å². The third-order valence-electron chi connectivity index (χ3n) is 5.83. The molecule has 206 valence electrons. The number of hydrogen-bond donors (Lipinski definition) is 2. The fraction of sp³-hybridized carbons (Fsp3) is 0.310. The average Bonchev–Trinajstić information content (AvgIpc) is 3.28. The van der Waals surface area contributed by atoms with E-state index >= 15 is 0 Å². The van der Waals surface area contributed by atoms with Gasteiger partial charge in [0.1, 0.15) is 6.04 Å². The van der Waals surface area contributed by atoms with Crippen LogP contribution in [0.15, 0.2) is 82.5 Å². The maximum absolute atomic E-state index is 13.7. The molecule has 0 radical (unpaired) electrons. The zero-order valence-corrected chi connectivity index (χ0v) is 21.9. The number of rotatable bonds is 13. The Bertz CT molecular complexity index is 1310. The van der Waals surface area contributed by atoms with Crippen LogP contribution in [0.3, 0.4) is 0 Å². The zero-order chi connectivity index (χ0) is 28.4. The van der Waals surface area contributed by atoms with Crippen LogP contribution in [0.1, 0.15) is 32.7 Å². The number of oxazole rings is 1. The number of carbonyl (C=O) groups excluding carboxylic acids is 3. The lowest BCUT2D eigenvalue weighted by molar-refractivity contribution is -0.160. The molecular weight excluding hydrogens is 504 g/mol. The molecule has 0 saturated carbocycles. The van der Waals surface area contributed by atoms with Crippen LogP contribution in [-0.4, -0.2) is 52.9 Å². The van der Waals surface area contributed by atoms with Crippen LogP contribution in [0.2, 0.25) is 0 Å². The van der Waals surface area contributed by atoms with E-state index in [1.807, 2.05) is 0 Å². The van der Waals surface area contributed by atoms with Crippen LogP contribution < -0.4 is 11.1 Å². The second-order valence-electron chi connectivity index (χ2n) is 8.47. The van der Waals surface area contributed by atoms with Crippen molar-refractivity contribution in [1.29, 1.82) is 0 Å². The van der Waals surface area contributed by atoms with Crippen molar-refractivity contribution in [2.24, 2.45) is 0 Å². The van der Waals surface area contributed by atoms with Gasteiger partial charge in [0.25, 0.3) is 0 Å². The Morgan fingerprint density at radius 3 is 2.03 bits per heavy atom. The summed E-state index contributed by atoms with van der Waals surface area (Å²) in [7, 11) is 0. The lowest BCUT2D eigenvalue weighted by Gasteiger charge is -2.26. The predicted octanol–water partition coefficient (Wildman–Crippen LogP) is 3.25. The van der Waals surface area contributed by atoms with Gasteiger partial charge in [0.2, 0.25) is 11.9 Å². The standard InChI is InChI=1S/C29H32N2O8/c1-4-7-18-21(32)24(26(33)30-22(27(34)37-5-2)28(35)38-6-3)31-23(19-14-10-8-11-15-19)25(39-29(31)36)20-16-12-9-13-17-20/h4,8-17,21-22,24,32H,1,5-7,18H2,2-3H3,(H,30,33)/t21-,24-/m0/s1. The number of aliphatic hydroxyl groups excluding tert-OH is 1. The first-order chi connectivity index (χ1) is 18.8. The molecule has 10 nitrogen and oxygen atoms in total. The Hall–Kier alpha value is -4.44. The summed E-state index contributed by atoms with van der Waals surface area (Å²) < 4.78 is 16.6. The molecule has 1 heterocycles. The average molecular weight is 537 g/mol. The van der Waals surface area contributed by atoms with E-state index in [-0.39, 0.29) is 31.1 Å². The number of aliphatic hydroxyl groups is 1. The van der Waals surface area contributed by atoms with Gasteiger partial charge in [-0.3, -0.25) is 9.36 Å². The van der Waals surface area contributed by atoms with Gasteiger partial charge < -0.3 is 24.3 Å². The fourth-order valence-electron chi connectivity index (χ4n) is 4.09. The lowest BCUT2D eigenvalue weighted by atomic mass is 10.0. The smallest absolute Gasteiger partial charge is 0.420 e. The summed E-state index contributed by atoms with van der Waals surface area (Å²) in [4.78, 5) is 52.2. The quantitative estimate of drug-likeness (QED) is 0.193. The molecule has 10 heteroatoms. The number of ether oxygens (including phenoxy) is 2. The minimum absolute atomic E-state index is 0.0459. The first kappa shape index (κ1) is 29.1. The highest BCUT2D eigenvalue weighted by Crippen LogP contribution is 2.34. The Morgan fingerprint density at radius 1 is 0.974 bits per heavy atom. The fourth-order valence-corrected chi connectivity index (χ4v) is 4.09. The molecule has 0 spiro atoms. The van der Waals surface area contributed by atoms with E-state index in [0.29, 0.717) is 17.5 Å². The van der Waals surface area contributed by atoms with E-state index in [1.165, 1.54) is 0 Å². The van der Waals surface area contributed by atoms with Gasteiger partial charge in [0, 0.05) is 11.1 Å². The van der Waals surface area contributed by atoms with Crippen LogP contribution in [0.5, 0.6) is 0 Å². The molecule has 0 aliphatic heterocycles. The lowest BCUT2D eigenvalue weighted by Crippen LogP contribution is -2.52. The second kappa shape index (κ2) is 13.9. The van der Waals surface area contributed by atoms with Crippen LogP contribution in [0.25, 0.3) is 22.6 Å². The van der Waals surface area contributed by atoms with Crippen LogP contribution in [0.4, 0.5) is 0 Å². The van der Waals surface area contributed by atoms with Crippen molar-refractivity contribution < 1.29 is 33.4 Å². The summed E-state index contributed by atoms with van der Waals surface area (Å²) in [5, 5.41) is 13.5. The summed E-state index contributed by atoms with van der Waals surface area (Å²) in [6.07, 6.45) is 0.513. The van der Waals surface area contributed by atoms with E-state index < -0.39 is 41.8 Å². The van der Waals surface area contributed by atoms with E-state index in [2.05, 4.69) is 11.9 Å². The number of nitrogens with one attached hydrogen (secondary N) is 1. The molecule has 1 amide bonds. The number of aromatic nitrogens is 1. The third-order valence-corrected chi connectivity index (χ3v) is 5.83. The largest absolute Gasteiger partial charge is 0.464 e. The molecule has 1 aromatic heterocycles. The molecule has 0 fully saturated rings. The number of allylic oxidation sites excluding steroid dienone is 1. The Labute approximate surface area is 225 Å².